The van der Waals surface area contributed by atoms with Gasteiger partial charge in [-0.15, -0.1) is 0 Å². The highest BCUT2D eigenvalue weighted by atomic mass is 32.1. The van der Waals surface area contributed by atoms with E-state index in [4.69, 9.17) is 25.9 Å². The van der Waals surface area contributed by atoms with Gasteiger partial charge in [0.1, 0.15) is 0 Å². The molecule has 0 aliphatic rings. The lowest BCUT2D eigenvalue weighted by molar-refractivity contribution is -0.112. The van der Waals surface area contributed by atoms with Crippen LogP contribution in [0, 0.1) is 0 Å². The van der Waals surface area contributed by atoms with Gasteiger partial charge in [0, 0.05) is 23.4 Å². The molecule has 0 aromatic heterocycles. The fraction of sp³-hybridized carbons (Fsp3) is 0.917. The van der Waals surface area contributed by atoms with E-state index in [1.54, 1.807) is 6.92 Å². The van der Waals surface area contributed by atoms with Crippen LogP contribution in [-0.4, -0.2) is 32.2 Å². The number of hydrogen-bond acceptors (Lipinski definition) is 5. The van der Waals surface area contributed by atoms with E-state index in [9.17, 15) is 4.79 Å². The van der Waals surface area contributed by atoms with Gasteiger partial charge in [-0.3, -0.25) is 0 Å². The monoisotopic (exact) mass is 293 g/mol. The molecule has 0 heterocycles. The van der Waals surface area contributed by atoms with Gasteiger partial charge in [0.2, 0.25) is 0 Å². The summed E-state index contributed by atoms with van der Waals surface area (Å²) in [5, 5.41) is -0.372. The third-order valence-corrected chi connectivity index (χ3v) is 6.37. The van der Waals surface area contributed by atoms with Gasteiger partial charge >= 0.3 is 8.80 Å². The molecule has 0 N–H and O–H groups in total. The van der Waals surface area contributed by atoms with Crippen LogP contribution in [0.1, 0.15) is 48.5 Å². The predicted octanol–water partition coefficient (Wildman–Crippen LogP) is 2.66. The summed E-state index contributed by atoms with van der Waals surface area (Å²) in [4.78, 5) is 11.5. The second-order valence-corrected chi connectivity index (χ2v) is 8.33. The van der Waals surface area contributed by atoms with Crippen molar-refractivity contribution in [1.29, 1.82) is 0 Å². The maximum atomic E-state index is 11.5. The van der Waals surface area contributed by atoms with Gasteiger partial charge < -0.3 is 30.7 Å². The first-order valence-corrected chi connectivity index (χ1v) is 8.56. The lowest BCUT2D eigenvalue weighted by atomic mass is 10.5. The number of carbonyl (C=O) groups excluding carboxylic acids is 1. The molecule has 0 fully saturated rings. The molecule has 108 valence electrons. The Bertz CT molecular complexity index is 242. The Labute approximate surface area is 117 Å². The Morgan fingerprint density at radius 2 is 1.11 bits per heavy atom. The quantitative estimate of drug-likeness (QED) is 0.508. The first kappa shape index (κ1) is 18.0. The minimum atomic E-state index is -3.10. The molecule has 1 atom stereocenters. The molecule has 0 rings (SSSR count). The molecule has 0 spiro atoms. The van der Waals surface area contributed by atoms with E-state index in [-0.39, 0.29) is 23.4 Å². The maximum Gasteiger partial charge on any atom is 0.510 e. The van der Waals surface area contributed by atoms with Gasteiger partial charge in [0.05, 0.1) is 5.54 Å². The van der Waals surface area contributed by atoms with Gasteiger partial charge in [0.25, 0.3) is 0 Å². The second kappa shape index (κ2) is 7.55. The van der Waals surface area contributed by atoms with E-state index in [2.05, 4.69) is 0 Å². The second-order valence-electron chi connectivity index (χ2n) is 5.14. The van der Waals surface area contributed by atoms with E-state index in [1.807, 2.05) is 41.5 Å². The van der Waals surface area contributed by atoms with E-state index < -0.39 is 14.3 Å². The van der Waals surface area contributed by atoms with Crippen molar-refractivity contribution in [3.63, 3.8) is 0 Å². The summed E-state index contributed by atoms with van der Waals surface area (Å²) in [6.07, 6.45) is -0.233. The van der Waals surface area contributed by atoms with Gasteiger partial charge in [-0.2, -0.15) is 0 Å². The summed E-state index contributed by atoms with van der Waals surface area (Å²) in [5.74, 6) is 0. The van der Waals surface area contributed by atoms with E-state index in [0.29, 0.717) is 0 Å². The number of rotatable bonds is 8. The van der Waals surface area contributed by atoms with Crippen molar-refractivity contribution in [3.8, 4) is 0 Å². The lowest BCUT2D eigenvalue weighted by Gasteiger charge is -2.38. The van der Waals surface area contributed by atoms with Crippen LogP contribution in [0.2, 0.25) is 5.54 Å². The molecule has 0 saturated heterocycles. The molecular formula is C12H25O4SSi-. The highest BCUT2D eigenvalue weighted by molar-refractivity contribution is 7.77. The van der Waals surface area contributed by atoms with Crippen molar-refractivity contribution in [2.45, 2.75) is 72.3 Å². The Morgan fingerprint density at radius 3 is 1.28 bits per heavy atom. The predicted molar refractivity (Wildman–Crippen MR) is 76.2 cm³/mol. The minimum Gasteiger partial charge on any atom is -0.742 e. The van der Waals surface area contributed by atoms with Crippen LogP contribution in [-0.2, 0) is 30.7 Å². The van der Waals surface area contributed by atoms with Gasteiger partial charge in [-0.05, 0) is 41.5 Å². The van der Waals surface area contributed by atoms with Crippen molar-refractivity contribution < 1.29 is 18.1 Å². The summed E-state index contributed by atoms with van der Waals surface area (Å²) in [5.41, 5.74) is -0.528. The number of carbonyl (C=O) groups is 1. The van der Waals surface area contributed by atoms with Crippen molar-refractivity contribution in [3.05, 3.63) is 0 Å². The fourth-order valence-corrected chi connectivity index (χ4v) is 4.99. The Morgan fingerprint density at radius 1 is 0.833 bits per heavy atom. The van der Waals surface area contributed by atoms with Crippen LogP contribution in [0.5, 0.6) is 0 Å². The zero-order chi connectivity index (χ0) is 14.5. The summed E-state index contributed by atoms with van der Waals surface area (Å²) in [7, 11) is -3.10. The molecule has 6 heteroatoms. The fourth-order valence-electron chi connectivity index (χ4n) is 1.52. The van der Waals surface area contributed by atoms with Gasteiger partial charge in [-0.1, -0.05) is 6.92 Å². The largest absolute Gasteiger partial charge is 0.742 e. The average Bonchev–Trinajstić information content (AvgIpc) is 2.12. The molecule has 0 aliphatic heterocycles. The average molecular weight is 293 g/mol. The van der Waals surface area contributed by atoms with Crippen LogP contribution in [0.3, 0.4) is 0 Å². The normalized spacial score (nSPS) is 14.6. The van der Waals surface area contributed by atoms with Crippen molar-refractivity contribution >= 4 is 26.5 Å². The first-order valence-electron chi connectivity index (χ1n) is 6.35. The summed E-state index contributed by atoms with van der Waals surface area (Å²) < 4.78 is 17.7. The minimum absolute atomic E-state index is 0.0778. The third-order valence-electron chi connectivity index (χ3n) is 2.08. The molecule has 18 heavy (non-hydrogen) atoms. The molecule has 0 saturated carbocycles. The molecular weight excluding hydrogens is 268 g/mol. The lowest BCUT2D eigenvalue weighted by Crippen LogP contribution is -2.55. The molecule has 0 aromatic rings. The summed E-state index contributed by atoms with van der Waals surface area (Å²) >= 11 is 4.76. The Hall–Kier alpha value is -0.0131. The van der Waals surface area contributed by atoms with Crippen LogP contribution in [0.4, 0.5) is 0 Å². The first-order chi connectivity index (χ1) is 8.10. The van der Waals surface area contributed by atoms with Gasteiger partial charge in [0.15, 0.2) is 0 Å². The van der Waals surface area contributed by atoms with E-state index in [0.717, 1.165) is 0 Å². The van der Waals surface area contributed by atoms with E-state index >= 15 is 0 Å². The molecule has 0 amide bonds. The van der Waals surface area contributed by atoms with Crippen LogP contribution >= 0.6 is 0 Å². The summed E-state index contributed by atoms with van der Waals surface area (Å²) in [6, 6.07) is 0. The van der Waals surface area contributed by atoms with E-state index in [1.165, 1.54) is 0 Å². The highest BCUT2D eigenvalue weighted by Crippen LogP contribution is 2.30. The summed E-state index contributed by atoms with van der Waals surface area (Å²) in [6.45, 7) is 13.1. The number of hydrogen-bond donors (Lipinski definition) is 0. The Kier molecular flexibility index (Phi) is 7.54. The van der Waals surface area contributed by atoms with Crippen LogP contribution in [0.25, 0.3) is 0 Å². The third kappa shape index (κ3) is 5.75. The molecule has 0 bridgehead atoms. The van der Waals surface area contributed by atoms with Crippen molar-refractivity contribution in [2.24, 2.45) is 0 Å². The zero-order valence-corrected chi connectivity index (χ0v) is 14.2. The zero-order valence-electron chi connectivity index (χ0n) is 12.4. The van der Waals surface area contributed by atoms with Crippen molar-refractivity contribution in [2.75, 3.05) is 0 Å². The van der Waals surface area contributed by atoms with Crippen molar-refractivity contribution in [1.82, 2.24) is 0 Å². The van der Waals surface area contributed by atoms with Crippen LogP contribution < -0.4 is 0 Å². The highest BCUT2D eigenvalue weighted by Gasteiger charge is 2.50. The molecule has 0 radical (unpaired) electrons. The van der Waals surface area contributed by atoms with Gasteiger partial charge in [-0.25, -0.2) is 0 Å². The maximum absolute atomic E-state index is 11.5. The Balaban J connectivity index is 5.29. The molecule has 4 nitrogen and oxygen atoms in total. The topological polar surface area (TPSA) is 44.8 Å². The molecule has 1 unspecified atom stereocenters. The molecule has 0 aliphatic carbocycles. The SMILES string of the molecule is CC(C)O[Si](OC(C)C)(OC(C)C)C(C)C(=O)[S-]. The smallest absolute Gasteiger partial charge is 0.510 e. The molecule has 0 aromatic carbocycles. The standard InChI is InChI=1S/C12H26O4SSi/c1-8(2)14-18(15-9(3)4,16-10(5)6)11(7)12(13)17/h8-11H,1-7H3,(H,13,17)/p-1. The van der Waals surface area contributed by atoms with Crippen LogP contribution in [0.15, 0.2) is 0 Å².